The van der Waals surface area contributed by atoms with Crippen LogP contribution in [0.4, 0.5) is 10.6 Å². The Morgan fingerprint density at radius 2 is 2.17 bits per heavy atom. The molecule has 0 spiro atoms. The van der Waals surface area contributed by atoms with Crippen molar-refractivity contribution >= 4 is 11.9 Å². The van der Waals surface area contributed by atoms with E-state index in [4.69, 9.17) is 4.74 Å². The molecule has 0 aliphatic carbocycles. The van der Waals surface area contributed by atoms with E-state index in [1.165, 1.54) is 31.2 Å². The van der Waals surface area contributed by atoms with E-state index in [0.29, 0.717) is 11.9 Å². The second kappa shape index (κ2) is 7.77. The Hall–Kier alpha value is -1.62. The van der Waals surface area contributed by atoms with Crippen LogP contribution in [-0.2, 0) is 4.74 Å². The van der Waals surface area contributed by atoms with E-state index >= 15 is 0 Å². The largest absolute Gasteiger partial charge is 0.444 e. The minimum absolute atomic E-state index is 0.451. The molecule has 0 saturated carbocycles. The van der Waals surface area contributed by atoms with E-state index in [1.54, 1.807) is 0 Å². The highest BCUT2D eigenvalue weighted by atomic mass is 16.6. The number of hydrogen-bond acceptors (Lipinski definition) is 4. The van der Waals surface area contributed by atoms with Crippen molar-refractivity contribution in [3.63, 3.8) is 0 Å². The second-order valence-electron chi connectivity index (χ2n) is 7.15. The number of piperidine rings is 1. The first-order chi connectivity index (χ1) is 10.9. The number of nitrogens with zero attached hydrogens (tertiary/aromatic N) is 2. The highest BCUT2D eigenvalue weighted by Crippen LogP contribution is 2.30. The first-order valence-electron chi connectivity index (χ1n) is 8.59. The molecule has 5 nitrogen and oxygen atoms in total. The van der Waals surface area contributed by atoms with Gasteiger partial charge in [-0.1, -0.05) is 19.4 Å². The molecule has 2 rings (SSSR count). The van der Waals surface area contributed by atoms with Crippen LogP contribution in [0.25, 0.3) is 0 Å². The summed E-state index contributed by atoms with van der Waals surface area (Å²) in [7, 11) is 0. The molecule has 0 radical (unpaired) electrons. The molecule has 5 heteroatoms. The number of hydrogen-bond donors (Lipinski definition) is 1. The van der Waals surface area contributed by atoms with Gasteiger partial charge in [-0.3, -0.25) is 10.2 Å². The molecular weight excluding hydrogens is 290 g/mol. The number of carbonyl (C=O) groups is 1. The van der Waals surface area contributed by atoms with Gasteiger partial charge in [-0.25, -0.2) is 9.78 Å². The third-order valence-corrected chi connectivity index (χ3v) is 3.92. The fourth-order valence-corrected chi connectivity index (χ4v) is 3.01. The number of ether oxygens (including phenoxy) is 1. The maximum atomic E-state index is 11.8. The molecule has 1 aliphatic rings. The normalized spacial score (nSPS) is 19.4. The lowest BCUT2D eigenvalue weighted by Gasteiger charge is -2.35. The van der Waals surface area contributed by atoms with Crippen molar-refractivity contribution in [2.24, 2.45) is 0 Å². The van der Waals surface area contributed by atoms with Crippen molar-refractivity contribution in [2.45, 2.75) is 65.0 Å². The molecule has 0 unspecified atom stereocenters. The topological polar surface area (TPSA) is 54.5 Å². The lowest BCUT2D eigenvalue weighted by molar-refractivity contribution is 0.0635. The summed E-state index contributed by atoms with van der Waals surface area (Å²) in [6, 6.07) is 4.38. The van der Waals surface area contributed by atoms with Crippen molar-refractivity contribution in [1.82, 2.24) is 9.88 Å². The summed E-state index contributed by atoms with van der Waals surface area (Å²) in [5, 5.41) is 2.68. The summed E-state index contributed by atoms with van der Waals surface area (Å²) in [4.78, 5) is 18.7. The van der Waals surface area contributed by atoms with Gasteiger partial charge in [-0.05, 0) is 64.8 Å². The number of nitrogens with one attached hydrogen (secondary N) is 1. The summed E-state index contributed by atoms with van der Waals surface area (Å²) < 4.78 is 5.24. The predicted molar refractivity (Wildman–Crippen MR) is 92.5 cm³/mol. The average molecular weight is 319 g/mol. The number of anilines is 1. The van der Waals surface area contributed by atoms with E-state index in [9.17, 15) is 4.79 Å². The number of aromatic nitrogens is 1. The van der Waals surface area contributed by atoms with E-state index in [-0.39, 0.29) is 0 Å². The Kier molecular flexibility index (Phi) is 5.99. The van der Waals surface area contributed by atoms with Crippen LogP contribution in [0.15, 0.2) is 18.3 Å². The summed E-state index contributed by atoms with van der Waals surface area (Å²) in [6.45, 7) is 10.0. The molecular formula is C18H29N3O2. The maximum absolute atomic E-state index is 11.8. The molecule has 1 fully saturated rings. The van der Waals surface area contributed by atoms with Crippen LogP contribution >= 0.6 is 0 Å². The molecule has 1 aromatic heterocycles. The summed E-state index contributed by atoms with van der Waals surface area (Å²) in [5.74, 6) is 0.529. The highest BCUT2D eigenvalue weighted by molar-refractivity contribution is 5.83. The smallest absolute Gasteiger partial charge is 0.413 e. The van der Waals surface area contributed by atoms with Gasteiger partial charge in [0.1, 0.15) is 11.4 Å². The molecule has 1 aromatic rings. The summed E-state index contributed by atoms with van der Waals surface area (Å²) in [5.41, 5.74) is 0.722. The number of amides is 1. The zero-order chi connectivity index (χ0) is 16.9. The number of likely N-dealkylation sites (tertiary alicyclic amines) is 1. The third kappa shape index (κ3) is 5.50. The van der Waals surface area contributed by atoms with Crippen LogP contribution in [0, 0.1) is 0 Å². The van der Waals surface area contributed by atoms with Crippen molar-refractivity contribution in [2.75, 3.05) is 18.4 Å². The van der Waals surface area contributed by atoms with E-state index in [1.807, 2.05) is 33.0 Å². The fourth-order valence-electron chi connectivity index (χ4n) is 3.01. The average Bonchev–Trinajstić information content (AvgIpc) is 2.47. The Balaban J connectivity index is 1.99. The SMILES string of the molecule is CCCN1CCCC[C@H]1c1ccc(NC(=O)OC(C)(C)C)nc1. The number of pyridine rings is 1. The highest BCUT2D eigenvalue weighted by Gasteiger charge is 2.23. The van der Waals surface area contributed by atoms with Crippen LogP contribution in [0.1, 0.15) is 65.0 Å². The molecule has 1 amide bonds. The molecule has 2 heterocycles. The van der Waals surface area contributed by atoms with Gasteiger partial charge in [0.25, 0.3) is 0 Å². The Morgan fingerprint density at radius 1 is 1.39 bits per heavy atom. The summed E-state index contributed by atoms with van der Waals surface area (Å²) >= 11 is 0. The van der Waals surface area contributed by atoms with Crippen molar-refractivity contribution < 1.29 is 9.53 Å². The predicted octanol–water partition coefficient (Wildman–Crippen LogP) is 4.37. The van der Waals surface area contributed by atoms with E-state index in [2.05, 4.69) is 28.2 Å². The lowest BCUT2D eigenvalue weighted by Crippen LogP contribution is -2.34. The minimum Gasteiger partial charge on any atom is -0.444 e. The van der Waals surface area contributed by atoms with Crippen LogP contribution in [0.5, 0.6) is 0 Å². The van der Waals surface area contributed by atoms with Gasteiger partial charge in [0, 0.05) is 12.2 Å². The van der Waals surface area contributed by atoms with E-state index in [0.717, 1.165) is 13.1 Å². The molecule has 23 heavy (non-hydrogen) atoms. The lowest BCUT2D eigenvalue weighted by atomic mass is 9.96. The number of rotatable bonds is 4. The molecule has 1 saturated heterocycles. The Morgan fingerprint density at radius 3 is 2.78 bits per heavy atom. The Labute approximate surface area is 139 Å². The quantitative estimate of drug-likeness (QED) is 0.895. The molecule has 0 aromatic carbocycles. The van der Waals surface area contributed by atoms with Crippen LogP contribution in [0.3, 0.4) is 0 Å². The molecule has 128 valence electrons. The molecule has 1 N–H and O–H groups in total. The maximum Gasteiger partial charge on any atom is 0.413 e. The standard InChI is InChI=1S/C18H29N3O2/c1-5-11-21-12-7-6-8-15(21)14-9-10-16(19-13-14)20-17(22)23-18(2,3)4/h9-10,13,15H,5-8,11-12H2,1-4H3,(H,19,20,22)/t15-/m0/s1. The van der Waals surface area contributed by atoms with Crippen molar-refractivity contribution in [3.05, 3.63) is 23.9 Å². The molecule has 1 aliphatic heterocycles. The van der Waals surface area contributed by atoms with Gasteiger partial charge >= 0.3 is 6.09 Å². The van der Waals surface area contributed by atoms with Gasteiger partial charge < -0.3 is 4.74 Å². The first-order valence-corrected chi connectivity index (χ1v) is 8.59. The second-order valence-corrected chi connectivity index (χ2v) is 7.15. The fraction of sp³-hybridized carbons (Fsp3) is 0.667. The van der Waals surface area contributed by atoms with Gasteiger partial charge in [0.15, 0.2) is 0 Å². The Bertz CT molecular complexity index is 506. The molecule has 1 atom stereocenters. The number of carbonyl (C=O) groups excluding carboxylic acids is 1. The zero-order valence-corrected chi connectivity index (χ0v) is 14.8. The van der Waals surface area contributed by atoms with Crippen LogP contribution < -0.4 is 5.32 Å². The van der Waals surface area contributed by atoms with Gasteiger partial charge in [-0.2, -0.15) is 0 Å². The van der Waals surface area contributed by atoms with Gasteiger partial charge in [-0.15, -0.1) is 0 Å². The van der Waals surface area contributed by atoms with Gasteiger partial charge in [0.05, 0.1) is 0 Å². The van der Waals surface area contributed by atoms with Crippen LogP contribution in [0.2, 0.25) is 0 Å². The van der Waals surface area contributed by atoms with E-state index < -0.39 is 11.7 Å². The summed E-state index contributed by atoms with van der Waals surface area (Å²) in [6.07, 6.45) is 6.31. The van der Waals surface area contributed by atoms with Gasteiger partial charge in [0.2, 0.25) is 0 Å². The monoisotopic (exact) mass is 319 g/mol. The third-order valence-electron chi connectivity index (χ3n) is 3.92. The minimum atomic E-state index is -0.507. The van der Waals surface area contributed by atoms with Crippen molar-refractivity contribution in [3.8, 4) is 0 Å². The van der Waals surface area contributed by atoms with Crippen LogP contribution in [-0.4, -0.2) is 34.7 Å². The molecule has 0 bridgehead atoms. The first kappa shape index (κ1) is 17.7. The zero-order valence-electron chi connectivity index (χ0n) is 14.8. The van der Waals surface area contributed by atoms with Crippen molar-refractivity contribution in [1.29, 1.82) is 0 Å².